The molecular formula is C15H18BrN3O. The monoisotopic (exact) mass is 335 g/mol. The van der Waals surface area contributed by atoms with Gasteiger partial charge >= 0.3 is 0 Å². The van der Waals surface area contributed by atoms with Gasteiger partial charge in [-0.3, -0.25) is 0 Å². The molecule has 20 heavy (non-hydrogen) atoms. The van der Waals surface area contributed by atoms with E-state index in [2.05, 4.69) is 38.5 Å². The van der Waals surface area contributed by atoms with Crippen LogP contribution in [0.4, 0.5) is 17.3 Å². The van der Waals surface area contributed by atoms with Crippen molar-refractivity contribution in [2.75, 3.05) is 24.3 Å². The highest BCUT2D eigenvalue weighted by molar-refractivity contribution is 9.10. The molecule has 0 bridgehead atoms. The molecule has 0 saturated carbocycles. The molecule has 1 aromatic carbocycles. The van der Waals surface area contributed by atoms with Crippen LogP contribution in [0.15, 0.2) is 40.9 Å². The molecule has 2 rings (SSSR count). The van der Waals surface area contributed by atoms with Gasteiger partial charge in [-0.1, -0.05) is 13.0 Å². The number of rotatable bonds is 6. The van der Waals surface area contributed by atoms with Gasteiger partial charge in [-0.05, 0) is 46.6 Å². The SMILES string of the molecule is CCCNc1cccc(Nc2cc(OC)ccc2Br)n1. The minimum Gasteiger partial charge on any atom is -0.497 e. The largest absolute Gasteiger partial charge is 0.497 e. The van der Waals surface area contributed by atoms with Crippen molar-refractivity contribution in [2.24, 2.45) is 0 Å². The van der Waals surface area contributed by atoms with Gasteiger partial charge in [-0.15, -0.1) is 0 Å². The lowest BCUT2D eigenvalue weighted by molar-refractivity contribution is 0.415. The average molecular weight is 336 g/mol. The van der Waals surface area contributed by atoms with Gasteiger partial charge in [0.25, 0.3) is 0 Å². The number of pyridine rings is 1. The smallest absolute Gasteiger partial charge is 0.132 e. The summed E-state index contributed by atoms with van der Waals surface area (Å²) in [5, 5.41) is 6.56. The van der Waals surface area contributed by atoms with E-state index in [-0.39, 0.29) is 0 Å². The van der Waals surface area contributed by atoms with Gasteiger partial charge in [0.2, 0.25) is 0 Å². The Bertz CT molecular complexity index is 575. The Balaban J connectivity index is 2.17. The maximum atomic E-state index is 5.23. The van der Waals surface area contributed by atoms with E-state index in [0.717, 1.165) is 40.5 Å². The molecule has 0 atom stereocenters. The molecule has 0 aliphatic carbocycles. The first-order chi connectivity index (χ1) is 9.72. The van der Waals surface area contributed by atoms with Gasteiger partial charge in [0.15, 0.2) is 0 Å². The highest BCUT2D eigenvalue weighted by Gasteiger charge is 2.04. The summed E-state index contributed by atoms with van der Waals surface area (Å²) in [7, 11) is 1.65. The van der Waals surface area contributed by atoms with Crippen LogP contribution in [-0.2, 0) is 0 Å². The van der Waals surface area contributed by atoms with Crippen LogP contribution >= 0.6 is 15.9 Å². The molecule has 0 saturated heterocycles. The molecule has 0 amide bonds. The van der Waals surface area contributed by atoms with Crippen LogP contribution < -0.4 is 15.4 Å². The number of hydrogen-bond donors (Lipinski definition) is 2. The highest BCUT2D eigenvalue weighted by atomic mass is 79.9. The van der Waals surface area contributed by atoms with Crippen molar-refractivity contribution >= 4 is 33.3 Å². The van der Waals surface area contributed by atoms with Crippen molar-refractivity contribution < 1.29 is 4.74 Å². The van der Waals surface area contributed by atoms with E-state index in [1.807, 2.05) is 36.4 Å². The Kier molecular flexibility index (Phi) is 5.24. The zero-order chi connectivity index (χ0) is 14.4. The second-order valence-corrected chi connectivity index (χ2v) is 5.16. The van der Waals surface area contributed by atoms with Crippen molar-refractivity contribution in [1.29, 1.82) is 0 Å². The van der Waals surface area contributed by atoms with Crippen LogP contribution in [0, 0.1) is 0 Å². The minimum absolute atomic E-state index is 0.792. The molecule has 0 aliphatic rings. The zero-order valence-corrected chi connectivity index (χ0v) is 13.2. The summed E-state index contributed by atoms with van der Waals surface area (Å²) in [5.41, 5.74) is 0.921. The molecule has 5 heteroatoms. The number of ether oxygens (including phenoxy) is 1. The molecule has 0 unspecified atom stereocenters. The lowest BCUT2D eigenvalue weighted by Crippen LogP contribution is -2.03. The predicted molar refractivity (Wildman–Crippen MR) is 87.0 cm³/mol. The second kappa shape index (κ2) is 7.14. The molecule has 0 fully saturated rings. The van der Waals surface area contributed by atoms with Crippen LogP contribution in [0.2, 0.25) is 0 Å². The molecule has 1 aromatic heterocycles. The first-order valence-electron chi connectivity index (χ1n) is 6.54. The molecule has 0 spiro atoms. The Morgan fingerprint density at radius 3 is 2.75 bits per heavy atom. The van der Waals surface area contributed by atoms with Gasteiger partial charge < -0.3 is 15.4 Å². The van der Waals surface area contributed by atoms with E-state index in [0.29, 0.717) is 0 Å². The van der Waals surface area contributed by atoms with E-state index < -0.39 is 0 Å². The van der Waals surface area contributed by atoms with Crippen molar-refractivity contribution in [2.45, 2.75) is 13.3 Å². The van der Waals surface area contributed by atoms with Gasteiger partial charge in [0, 0.05) is 17.1 Å². The lowest BCUT2D eigenvalue weighted by Gasteiger charge is -2.11. The zero-order valence-electron chi connectivity index (χ0n) is 11.6. The summed E-state index contributed by atoms with van der Waals surface area (Å²) in [6, 6.07) is 11.6. The van der Waals surface area contributed by atoms with E-state index in [4.69, 9.17) is 4.74 Å². The third-order valence-corrected chi connectivity index (χ3v) is 3.43. The van der Waals surface area contributed by atoms with E-state index in [1.165, 1.54) is 0 Å². The maximum absolute atomic E-state index is 5.23. The topological polar surface area (TPSA) is 46.2 Å². The van der Waals surface area contributed by atoms with Gasteiger partial charge in [-0.25, -0.2) is 4.98 Å². The fourth-order valence-corrected chi connectivity index (χ4v) is 2.07. The van der Waals surface area contributed by atoms with E-state index in [9.17, 15) is 0 Å². The van der Waals surface area contributed by atoms with Crippen molar-refractivity contribution in [3.8, 4) is 5.75 Å². The van der Waals surface area contributed by atoms with Crippen LogP contribution in [0.25, 0.3) is 0 Å². The van der Waals surface area contributed by atoms with Gasteiger partial charge in [0.1, 0.15) is 17.4 Å². The Morgan fingerprint density at radius 1 is 1.20 bits per heavy atom. The molecule has 2 N–H and O–H groups in total. The molecule has 2 aromatic rings. The third-order valence-electron chi connectivity index (χ3n) is 2.74. The molecule has 0 radical (unpaired) electrons. The molecule has 106 valence electrons. The summed E-state index contributed by atoms with van der Waals surface area (Å²) in [4.78, 5) is 4.52. The summed E-state index contributed by atoms with van der Waals surface area (Å²) in [6.07, 6.45) is 1.07. The second-order valence-electron chi connectivity index (χ2n) is 4.31. The number of benzene rings is 1. The quantitative estimate of drug-likeness (QED) is 0.820. The summed E-state index contributed by atoms with van der Waals surface area (Å²) in [6.45, 7) is 3.04. The first kappa shape index (κ1) is 14.7. The maximum Gasteiger partial charge on any atom is 0.132 e. The van der Waals surface area contributed by atoms with E-state index >= 15 is 0 Å². The molecule has 0 aliphatic heterocycles. The summed E-state index contributed by atoms with van der Waals surface area (Å²) >= 11 is 3.52. The number of nitrogens with one attached hydrogen (secondary N) is 2. The number of methoxy groups -OCH3 is 1. The fourth-order valence-electron chi connectivity index (χ4n) is 1.72. The highest BCUT2D eigenvalue weighted by Crippen LogP contribution is 2.29. The normalized spacial score (nSPS) is 10.2. The number of aromatic nitrogens is 1. The number of anilines is 3. The molecule has 1 heterocycles. The van der Waals surface area contributed by atoms with Crippen LogP contribution in [-0.4, -0.2) is 18.6 Å². The van der Waals surface area contributed by atoms with Gasteiger partial charge in [-0.2, -0.15) is 0 Å². The fraction of sp³-hybridized carbons (Fsp3) is 0.267. The molecule has 4 nitrogen and oxygen atoms in total. The summed E-state index contributed by atoms with van der Waals surface area (Å²) < 4.78 is 6.20. The van der Waals surface area contributed by atoms with E-state index in [1.54, 1.807) is 7.11 Å². The lowest BCUT2D eigenvalue weighted by atomic mass is 10.3. The van der Waals surface area contributed by atoms with Crippen molar-refractivity contribution in [3.05, 3.63) is 40.9 Å². The predicted octanol–water partition coefficient (Wildman–Crippen LogP) is 4.42. The standard InChI is InChI=1S/C15H18BrN3O/c1-3-9-17-14-5-4-6-15(19-14)18-13-10-11(20-2)7-8-12(13)16/h4-8,10H,3,9H2,1-2H3,(H2,17,18,19). The van der Waals surface area contributed by atoms with Crippen molar-refractivity contribution in [3.63, 3.8) is 0 Å². The average Bonchev–Trinajstić information content (AvgIpc) is 2.48. The van der Waals surface area contributed by atoms with Crippen LogP contribution in [0.5, 0.6) is 5.75 Å². The number of nitrogens with zero attached hydrogens (tertiary/aromatic N) is 1. The third kappa shape index (κ3) is 3.87. The molecular weight excluding hydrogens is 318 g/mol. The summed E-state index contributed by atoms with van der Waals surface area (Å²) in [5.74, 6) is 2.46. The van der Waals surface area contributed by atoms with Crippen LogP contribution in [0.3, 0.4) is 0 Å². The number of hydrogen-bond acceptors (Lipinski definition) is 4. The number of halogens is 1. The Hall–Kier alpha value is -1.75. The first-order valence-corrected chi connectivity index (χ1v) is 7.33. The Labute approximate surface area is 127 Å². The van der Waals surface area contributed by atoms with Crippen molar-refractivity contribution in [1.82, 2.24) is 4.98 Å². The van der Waals surface area contributed by atoms with Gasteiger partial charge in [0.05, 0.1) is 12.8 Å². The Morgan fingerprint density at radius 2 is 2.00 bits per heavy atom. The van der Waals surface area contributed by atoms with Crippen LogP contribution in [0.1, 0.15) is 13.3 Å². The minimum atomic E-state index is 0.792.